The molecule has 3 rings (SSSR count). The molecule has 1 aromatic carbocycles. The highest BCUT2D eigenvalue weighted by molar-refractivity contribution is 5.34. The van der Waals surface area contributed by atoms with Crippen LogP contribution in [0.3, 0.4) is 0 Å². The molecule has 2 heteroatoms. The highest BCUT2D eigenvalue weighted by Crippen LogP contribution is 2.40. The van der Waals surface area contributed by atoms with Crippen molar-refractivity contribution in [3.63, 3.8) is 0 Å². The molecule has 2 nitrogen and oxygen atoms in total. The van der Waals surface area contributed by atoms with Gasteiger partial charge in [0.15, 0.2) is 0 Å². The maximum Gasteiger partial charge on any atom is 0.0504 e. The molecular formula is C16H24N2. The summed E-state index contributed by atoms with van der Waals surface area (Å²) in [5.41, 5.74) is 10.6. The molecule has 1 aliphatic carbocycles. The summed E-state index contributed by atoms with van der Waals surface area (Å²) >= 11 is 0. The van der Waals surface area contributed by atoms with Gasteiger partial charge in [-0.05, 0) is 57.2 Å². The van der Waals surface area contributed by atoms with E-state index in [1.165, 1.54) is 48.9 Å². The van der Waals surface area contributed by atoms with Gasteiger partial charge in [0.2, 0.25) is 0 Å². The van der Waals surface area contributed by atoms with Gasteiger partial charge in [0.05, 0.1) is 6.04 Å². The number of piperidine rings is 1. The van der Waals surface area contributed by atoms with Crippen molar-refractivity contribution in [2.45, 2.75) is 57.7 Å². The summed E-state index contributed by atoms with van der Waals surface area (Å²) in [7, 11) is 0. The summed E-state index contributed by atoms with van der Waals surface area (Å²) in [6.07, 6.45) is 5.17. The number of likely N-dealkylation sites (tertiary alicyclic amines) is 1. The SMILES string of the molecule is Cc1ccc(C2C(N)CCCN2C2CC2)c(C)c1. The molecule has 1 saturated heterocycles. The summed E-state index contributed by atoms with van der Waals surface area (Å²) in [4.78, 5) is 2.67. The Hall–Kier alpha value is -0.860. The lowest BCUT2D eigenvalue weighted by atomic mass is 9.88. The van der Waals surface area contributed by atoms with E-state index in [0.717, 1.165) is 6.04 Å². The molecule has 0 radical (unpaired) electrons. The summed E-state index contributed by atoms with van der Waals surface area (Å²) in [5.74, 6) is 0. The van der Waals surface area contributed by atoms with E-state index in [9.17, 15) is 0 Å². The Bertz CT molecular complexity index is 437. The second-order valence-corrected chi connectivity index (χ2v) is 6.08. The molecule has 18 heavy (non-hydrogen) atoms. The average molecular weight is 244 g/mol. The van der Waals surface area contributed by atoms with Gasteiger partial charge in [-0.3, -0.25) is 4.90 Å². The zero-order valence-corrected chi connectivity index (χ0v) is 11.5. The average Bonchev–Trinajstić information content (AvgIpc) is 3.14. The van der Waals surface area contributed by atoms with Gasteiger partial charge in [-0.2, -0.15) is 0 Å². The zero-order valence-electron chi connectivity index (χ0n) is 11.5. The van der Waals surface area contributed by atoms with E-state index >= 15 is 0 Å². The number of benzene rings is 1. The van der Waals surface area contributed by atoms with E-state index in [4.69, 9.17) is 5.73 Å². The zero-order chi connectivity index (χ0) is 12.7. The molecule has 0 spiro atoms. The van der Waals surface area contributed by atoms with E-state index in [-0.39, 0.29) is 0 Å². The first-order valence-corrected chi connectivity index (χ1v) is 7.25. The number of rotatable bonds is 2. The molecule has 1 aromatic rings. The lowest BCUT2D eigenvalue weighted by molar-refractivity contribution is 0.119. The third-order valence-electron chi connectivity index (χ3n) is 4.48. The molecule has 0 amide bonds. The molecule has 2 fully saturated rings. The quantitative estimate of drug-likeness (QED) is 0.866. The Kier molecular flexibility index (Phi) is 3.16. The van der Waals surface area contributed by atoms with Crippen molar-refractivity contribution in [2.24, 2.45) is 5.73 Å². The van der Waals surface area contributed by atoms with Crippen molar-refractivity contribution >= 4 is 0 Å². The van der Waals surface area contributed by atoms with Crippen LogP contribution in [-0.4, -0.2) is 23.5 Å². The van der Waals surface area contributed by atoms with Gasteiger partial charge in [-0.1, -0.05) is 23.8 Å². The third kappa shape index (κ3) is 2.19. The van der Waals surface area contributed by atoms with Crippen molar-refractivity contribution in [3.8, 4) is 0 Å². The van der Waals surface area contributed by atoms with Crippen LogP contribution < -0.4 is 5.73 Å². The Morgan fingerprint density at radius 1 is 1.17 bits per heavy atom. The topological polar surface area (TPSA) is 29.3 Å². The molecule has 0 aromatic heterocycles. The van der Waals surface area contributed by atoms with E-state index in [0.29, 0.717) is 12.1 Å². The first-order chi connectivity index (χ1) is 8.66. The fraction of sp³-hybridized carbons (Fsp3) is 0.625. The van der Waals surface area contributed by atoms with Gasteiger partial charge in [0, 0.05) is 12.1 Å². The van der Waals surface area contributed by atoms with Crippen LogP contribution in [0.1, 0.15) is 48.4 Å². The fourth-order valence-electron chi connectivity index (χ4n) is 3.44. The van der Waals surface area contributed by atoms with Crippen LogP contribution in [0, 0.1) is 13.8 Å². The van der Waals surface area contributed by atoms with Gasteiger partial charge >= 0.3 is 0 Å². The minimum Gasteiger partial charge on any atom is -0.326 e. The van der Waals surface area contributed by atoms with Gasteiger partial charge in [0.25, 0.3) is 0 Å². The second-order valence-electron chi connectivity index (χ2n) is 6.08. The monoisotopic (exact) mass is 244 g/mol. The van der Waals surface area contributed by atoms with Crippen molar-refractivity contribution in [3.05, 3.63) is 34.9 Å². The number of hydrogen-bond donors (Lipinski definition) is 1. The lowest BCUT2D eigenvalue weighted by Gasteiger charge is -2.41. The van der Waals surface area contributed by atoms with Crippen molar-refractivity contribution in [1.29, 1.82) is 0 Å². The Balaban J connectivity index is 1.94. The summed E-state index contributed by atoms with van der Waals surface area (Å²) < 4.78 is 0. The molecule has 1 saturated carbocycles. The van der Waals surface area contributed by atoms with Gasteiger partial charge < -0.3 is 5.73 Å². The molecule has 2 aliphatic rings. The summed E-state index contributed by atoms with van der Waals surface area (Å²) in [5, 5.41) is 0. The largest absolute Gasteiger partial charge is 0.326 e. The van der Waals surface area contributed by atoms with E-state index in [2.05, 4.69) is 36.9 Å². The molecule has 1 aliphatic heterocycles. The molecule has 0 bridgehead atoms. The van der Waals surface area contributed by atoms with E-state index < -0.39 is 0 Å². The molecule has 2 N–H and O–H groups in total. The van der Waals surface area contributed by atoms with Gasteiger partial charge in [-0.15, -0.1) is 0 Å². The van der Waals surface area contributed by atoms with Crippen LogP contribution in [0.2, 0.25) is 0 Å². The van der Waals surface area contributed by atoms with Gasteiger partial charge in [0.1, 0.15) is 0 Å². The van der Waals surface area contributed by atoms with Crippen LogP contribution in [0.5, 0.6) is 0 Å². The molecule has 2 atom stereocenters. The second kappa shape index (κ2) is 4.67. The molecule has 98 valence electrons. The highest BCUT2D eigenvalue weighted by Gasteiger charge is 2.39. The van der Waals surface area contributed by atoms with Crippen LogP contribution in [0.25, 0.3) is 0 Å². The van der Waals surface area contributed by atoms with Gasteiger partial charge in [-0.25, -0.2) is 0 Å². The Morgan fingerprint density at radius 2 is 1.94 bits per heavy atom. The number of nitrogens with two attached hydrogens (primary N) is 1. The normalized spacial score (nSPS) is 29.5. The van der Waals surface area contributed by atoms with E-state index in [1.807, 2.05) is 0 Å². The smallest absolute Gasteiger partial charge is 0.0504 e. The van der Waals surface area contributed by atoms with Crippen molar-refractivity contribution < 1.29 is 0 Å². The van der Waals surface area contributed by atoms with E-state index in [1.54, 1.807) is 0 Å². The molecule has 1 heterocycles. The lowest BCUT2D eigenvalue weighted by Crippen LogP contribution is -2.47. The molecular weight excluding hydrogens is 220 g/mol. The number of hydrogen-bond acceptors (Lipinski definition) is 2. The minimum absolute atomic E-state index is 0.306. The minimum atomic E-state index is 0.306. The maximum absolute atomic E-state index is 6.43. The molecule has 2 unspecified atom stereocenters. The van der Waals surface area contributed by atoms with Crippen LogP contribution >= 0.6 is 0 Å². The predicted molar refractivity (Wildman–Crippen MR) is 75.6 cm³/mol. The predicted octanol–water partition coefficient (Wildman–Crippen LogP) is 2.93. The Labute approximate surface area is 110 Å². The highest BCUT2D eigenvalue weighted by atomic mass is 15.2. The van der Waals surface area contributed by atoms with Crippen LogP contribution in [0.4, 0.5) is 0 Å². The van der Waals surface area contributed by atoms with Crippen LogP contribution in [-0.2, 0) is 0 Å². The fourth-order valence-corrected chi connectivity index (χ4v) is 3.44. The summed E-state index contributed by atoms with van der Waals surface area (Å²) in [6, 6.07) is 8.39. The van der Waals surface area contributed by atoms with Crippen molar-refractivity contribution in [1.82, 2.24) is 4.90 Å². The van der Waals surface area contributed by atoms with Crippen molar-refractivity contribution in [2.75, 3.05) is 6.54 Å². The Morgan fingerprint density at radius 3 is 2.61 bits per heavy atom. The standard InChI is InChI=1S/C16H24N2/c1-11-5-8-14(12(2)10-11)16-15(17)4-3-9-18(16)13-6-7-13/h5,8,10,13,15-16H,3-4,6-7,9,17H2,1-2H3. The first-order valence-electron chi connectivity index (χ1n) is 7.25. The number of aryl methyl sites for hydroxylation is 2. The number of nitrogens with zero attached hydrogens (tertiary/aromatic N) is 1. The third-order valence-corrected chi connectivity index (χ3v) is 4.48. The van der Waals surface area contributed by atoms with Crippen LogP contribution in [0.15, 0.2) is 18.2 Å². The first kappa shape index (κ1) is 12.2. The summed E-state index contributed by atoms with van der Waals surface area (Å²) in [6.45, 7) is 5.63. The maximum atomic E-state index is 6.43.